The molecule has 1 heterocycles. The number of benzene rings is 1. The Hall–Kier alpha value is -1.07. The molecular weight excluding hydrogens is 302 g/mol. The summed E-state index contributed by atoms with van der Waals surface area (Å²) in [5, 5.41) is 1.87. The van der Waals surface area contributed by atoms with E-state index in [4.69, 9.17) is 4.74 Å². The molecule has 0 saturated carbocycles. The van der Waals surface area contributed by atoms with Crippen LogP contribution in [0.2, 0.25) is 0 Å². The van der Waals surface area contributed by atoms with E-state index in [0.29, 0.717) is 6.54 Å². The molecule has 0 aliphatic rings. The summed E-state index contributed by atoms with van der Waals surface area (Å²) in [6.07, 6.45) is 0. The monoisotopic (exact) mass is 313 g/mol. The largest absolute Gasteiger partial charge is 0.496 e. The van der Waals surface area contributed by atoms with Crippen LogP contribution in [0.1, 0.15) is 11.3 Å². The van der Waals surface area contributed by atoms with Crippen LogP contribution in [0.3, 0.4) is 0 Å². The second-order valence-corrected chi connectivity index (χ2v) is 5.42. The van der Waals surface area contributed by atoms with Gasteiger partial charge < -0.3 is 4.74 Å². The summed E-state index contributed by atoms with van der Waals surface area (Å²) in [5.41, 5.74) is 1.97. The van der Waals surface area contributed by atoms with E-state index in [0.717, 1.165) is 21.5 Å². The number of methoxy groups -OCH3 is 1. The number of aromatic nitrogens is 1. The third kappa shape index (κ3) is 2.61. The molecule has 2 aromatic rings. The fourth-order valence-electron chi connectivity index (χ4n) is 1.64. The Balaban J connectivity index is 2.42. The molecule has 1 aromatic carbocycles. The van der Waals surface area contributed by atoms with Gasteiger partial charge in [0.15, 0.2) is 0 Å². The Labute approximate surface area is 112 Å². The first kappa shape index (κ1) is 12.4. The quantitative estimate of drug-likeness (QED) is 0.872. The topological polar surface area (TPSA) is 31.2 Å². The number of halogens is 1. The fourth-order valence-corrected chi connectivity index (χ4v) is 2.78. The Morgan fingerprint density at radius 1 is 1.47 bits per heavy atom. The van der Waals surface area contributed by atoms with Crippen molar-refractivity contribution < 1.29 is 4.74 Å². The summed E-state index contributed by atoms with van der Waals surface area (Å²) in [6.45, 7) is 2.47. The molecule has 3 nitrogen and oxygen atoms in total. The molecule has 0 atom stereocenters. The predicted octanol–water partition coefficient (Wildman–Crippen LogP) is 3.04. The first-order valence-electron chi connectivity index (χ1n) is 5.09. The van der Waals surface area contributed by atoms with E-state index in [1.54, 1.807) is 11.7 Å². The molecule has 0 aliphatic carbocycles. The Morgan fingerprint density at radius 2 is 2.24 bits per heavy atom. The van der Waals surface area contributed by atoms with Crippen LogP contribution in [0.15, 0.2) is 32.8 Å². The van der Waals surface area contributed by atoms with Crippen molar-refractivity contribution >= 4 is 27.3 Å². The molecule has 5 heteroatoms. The normalized spacial score (nSPS) is 10.5. The van der Waals surface area contributed by atoms with Crippen LogP contribution < -0.4 is 9.61 Å². The summed E-state index contributed by atoms with van der Waals surface area (Å²) in [6, 6.07) is 5.79. The van der Waals surface area contributed by atoms with Gasteiger partial charge >= 0.3 is 4.87 Å². The third-order valence-corrected chi connectivity index (χ3v) is 3.92. The van der Waals surface area contributed by atoms with Gasteiger partial charge in [-0.3, -0.25) is 9.36 Å². The number of hydrogen-bond donors (Lipinski definition) is 0. The van der Waals surface area contributed by atoms with E-state index in [1.165, 1.54) is 11.3 Å². The van der Waals surface area contributed by atoms with E-state index >= 15 is 0 Å². The van der Waals surface area contributed by atoms with Crippen molar-refractivity contribution in [3.05, 3.63) is 49.0 Å². The van der Waals surface area contributed by atoms with Crippen molar-refractivity contribution in [1.29, 1.82) is 0 Å². The summed E-state index contributed by atoms with van der Waals surface area (Å²) < 4.78 is 8.02. The van der Waals surface area contributed by atoms with Gasteiger partial charge in [0.25, 0.3) is 0 Å². The lowest BCUT2D eigenvalue weighted by molar-refractivity contribution is 0.408. The van der Waals surface area contributed by atoms with Gasteiger partial charge in [-0.1, -0.05) is 27.3 Å². The van der Waals surface area contributed by atoms with Crippen molar-refractivity contribution in [2.45, 2.75) is 13.5 Å². The summed E-state index contributed by atoms with van der Waals surface area (Å²) in [5.74, 6) is 0.797. The Kier molecular flexibility index (Phi) is 3.69. The van der Waals surface area contributed by atoms with Crippen molar-refractivity contribution in [2.75, 3.05) is 7.11 Å². The molecule has 1 aromatic heterocycles. The zero-order valence-corrected chi connectivity index (χ0v) is 12.0. The molecular formula is C12H12BrNO2S. The van der Waals surface area contributed by atoms with Crippen LogP contribution in [-0.2, 0) is 6.54 Å². The van der Waals surface area contributed by atoms with Crippen LogP contribution in [0, 0.1) is 6.92 Å². The zero-order valence-electron chi connectivity index (χ0n) is 9.57. The number of ether oxygens (including phenoxy) is 1. The molecule has 0 spiro atoms. The van der Waals surface area contributed by atoms with Gasteiger partial charge in [0.05, 0.1) is 13.7 Å². The lowest BCUT2D eigenvalue weighted by Gasteiger charge is -2.10. The van der Waals surface area contributed by atoms with Gasteiger partial charge in [-0.15, -0.1) is 0 Å². The highest BCUT2D eigenvalue weighted by Gasteiger charge is 2.08. The van der Waals surface area contributed by atoms with Crippen LogP contribution in [0.25, 0.3) is 0 Å². The third-order valence-electron chi connectivity index (χ3n) is 2.55. The highest BCUT2D eigenvalue weighted by molar-refractivity contribution is 9.10. The van der Waals surface area contributed by atoms with Crippen LogP contribution in [0.5, 0.6) is 5.75 Å². The van der Waals surface area contributed by atoms with Crippen LogP contribution in [0.4, 0.5) is 0 Å². The first-order valence-corrected chi connectivity index (χ1v) is 6.76. The SMILES string of the molecule is COc1ccc(Br)cc1Cn1c(C)csc1=O. The predicted molar refractivity (Wildman–Crippen MR) is 73.1 cm³/mol. The molecule has 0 fully saturated rings. The second-order valence-electron chi connectivity index (χ2n) is 3.69. The molecule has 0 N–H and O–H groups in total. The summed E-state index contributed by atoms with van der Waals surface area (Å²) in [4.78, 5) is 11.7. The molecule has 0 amide bonds. The minimum Gasteiger partial charge on any atom is -0.496 e. The van der Waals surface area contributed by atoms with E-state index < -0.39 is 0 Å². The average molecular weight is 314 g/mol. The van der Waals surface area contributed by atoms with Gasteiger partial charge in [-0.05, 0) is 25.1 Å². The maximum atomic E-state index is 11.7. The highest BCUT2D eigenvalue weighted by atomic mass is 79.9. The van der Waals surface area contributed by atoms with Crippen LogP contribution in [-0.4, -0.2) is 11.7 Å². The number of hydrogen-bond acceptors (Lipinski definition) is 3. The molecule has 90 valence electrons. The van der Waals surface area contributed by atoms with Crippen molar-refractivity contribution in [1.82, 2.24) is 4.57 Å². The highest BCUT2D eigenvalue weighted by Crippen LogP contribution is 2.23. The van der Waals surface area contributed by atoms with Crippen molar-refractivity contribution in [2.24, 2.45) is 0 Å². The van der Waals surface area contributed by atoms with E-state index in [9.17, 15) is 4.79 Å². The van der Waals surface area contributed by atoms with Gasteiger partial charge in [-0.2, -0.15) is 0 Å². The number of thiazole rings is 1. The standard InChI is InChI=1S/C12H12BrNO2S/c1-8-7-17-12(15)14(8)6-9-5-10(13)3-4-11(9)16-2/h3-5,7H,6H2,1-2H3. The van der Waals surface area contributed by atoms with Crippen molar-refractivity contribution in [3.8, 4) is 5.75 Å². The molecule has 2 rings (SSSR count). The van der Waals surface area contributed by atoms with E-state index in [1.807, 2.05) is 30.5 Å². The van der Waals surface area contributed by atoms with Gasteiger partial charge in [0.1, 0.15) is 5.75 Å². The average Bonchev–Trinajstić information content (AvgIpc) is 2.61. The number of aryl methyl sites for hydroxylation is 1. The maximum Gasteiger partial charge on any atom is 0.307 e. The summed E-state index contributed by atoms with van der Waals surface area (Å²) >= 11 is 4.65. The van der Waals surface area contributed by atoms with E-state index in [-0.39, 0.29) is 4.87 Å². The van der Waals surface area contributed by atoms with Gasteiger partial charge in [-0.25, -0.2) is 0 Å². The minimum absolute atomic E-state index is 0.0597. The second kappa shape index (κ2) is 5.06. The first-order chi connectivity index (χ1) is 8.11. The molecule has 0 aliphatic heterocycles. The molecule has 0 unspecified atom stereocenters. The van der Waals surface area contributed by atoms with Gasteiger partial charge in [0.2, 0.25) is 0 Å². The minimum atomic E-state index is 0.0597. The maximum absolute atomic E-state index is 11.7. The molecule has 0 saturated heterocycles. The molecule has 17 heavy (non-hydrogen) atoms. The fraction of sp³-hybridized carbons (Fsp3) is 0.250. The molecule has 0 radical (unpaired) electrons. The summed E-state index contributed by atoms with van der Waals surface area (Å²) in [7, 11) is 1.63. The van der Waals surface area contributed by atoms with Crippen LogP contribution >= 0.6 is 27.3 Å². The van der Waals surface area contributed by atoms with E-state index in [2.05, 4.69) is 15.9 Å². The smallest absolute Gasteiger partial charge is 0.307 e. The Morgan fingerprint density at radius 3 is 2.82 bits per heavy atom. The number of rotatable bonds is 3. The van der Waals surface area contributed by atoms with Gasteiger partial charge in [0, 0.05) is 21.1 Å². The Bertz CT molecular complexity index is 588. The number of nitrogens with zero attached hydrogens (tertiary/aromatic N) is 1. The van der Waals surface area contributed by atoms with Crippen molar-refractivity contribution in [3.63, 3.8) is 0 Å². The molecule has 0 bridgehead atoms. The lowest BCUT2D eigenvalue weighted by atomic mass is 10.2. The zero-order chi connectivity index (χ0) is 12.4. The lowest BCUT2D eigenvalue weighted by Crippen LogP contribution is -2.15.